The number of benzene rings is 1. The molecule has 0 heterocycles. The van der Waals surface area contributed by atoms with Crippen molar-refractivity contribution < 1.29 is 9.84 Å². The highest BCUT2D eigenvalue weighted by molar-refractivity contribution is 9.10. The van der Waals surface area contributed by atoms with Crippen molar-refractivity contribution in [2.75, 3.05) is 7.11 Å². The normalized spacial score (nSPS) is 17.6. The van der Waals surface area contributed by atoms with Crippen molar-refractivity contribution in [3.63, 3.8) is 0 Å². The summed E-state index contributed by atoms with van der Waals surface area (Å²) in [6.07, 6.45) is 1.66. The minimum atomic E-state index is -0.654. The highest BCUT2D eigenvalue weighted by atomic mass is 79.9. The van der Waals surface area contributed by atoms with Crippen LogP contribution in [-0.4, -0.2) is 12.2 Å². The molecule has 0 bridgehead atoms. The van der Waals surface area contributed by atoms with E-state index in [9.17, 15) is 5.11 Å². The molecule has 1 aliphatic rings. The fourth-order valence-electron chi connectivity index (χ4n) is 2.00. The molecule has 0 spiro atoms. The Morgan fingerprint density at radius 3 is 2.44 bits per heavy atom. The Bertz CT molecular complexity index is 409. The number of hydrogen-bond acceptors (Lipinski definition) is 2. The summed E-state index contributed by atoms with van der Waals surface area (Å²) in [4.78, 5) is 0. The van der Waals surface area contributed by atoms with Gasteiger partial charge in [-0.1, -0.05) is 29.8 Å². The number of aliphatic hydroxyl groups is 1. The summed E-state index contributed by atoms with van der Waals surface area (Å²) in [6.45, 7) is 4.26. The van der Waals surface area contributed by atoms with E-state index in [4.69, 9.17) is 4.74 Å². The van der Waals surface area contributed by atoms with Gasteiger partial charge in [0.05, 0.1) is 12.7 Å². The summed E-state index contributed by atoms with van der Waals surface area (Å²) < 4.78 is 6.49. The van der Waals surface area contributed by atoms with Crippen LogP contribution in [0.4, 0.5) is 0 Å². The van der Waals surface area contributed by atoms with Crippen molar-refractivity contribution in [2.45, 2.75) is 38.2 Å². The lowest BCUT2D eigenvalue weighted by molar-refractivity contribution is 0.147. The van der Waals surface area contributed by atoms with E-state index >= 15 is 0 Å². The van der Waals surface area contributed by atoms with Crippen molar-refractivity contribution >= 4 is 15.9 Å². The predicted octanol–water partition coefficient (Wildman–Crippen LogP) is 3.56. The zero-order chi connectivity index (χ0) is 11.9. The lowest BCUT2D eigenvalue weighted by Gasteiger charge is -2.19. The van der Waals surface area contributed by atoms with Crippen molar-refractivity contribution in [2.24, 2.45) is 0 Å². The minimum absolute atomic E-state index is 0.383. The molecule has 1 aromatic rings. The molecule has 0 aliphatic heterocycles. The van der Waals surface area contributed by atoms with Crippen LogP contribution < -0.4 is 4.74 Å². The van der Waals surface area contributed by atoms with Gasteiger partial charge in [-0.05, 0) is 36.5 Å². The molecule has 1 aliphatic carbocycles. The van der Waals surface area contributed by atoms with E-state index in [-0.39, 0.29) is 0 Å². The lowest BCUT2D eigenvalue weighted by Crippen LogP contribution is -2.09. The van der Waals surface area contributed by atoms with Gasteiger partial charge in [0.15, 0.2) is 0 Å². The Balaban J connectivity index is 2.59. The molecule has 2 rings (SSSR count). The number of hydrogen-bond donors (Lipinski definition) is 1. The lowest BCUT2D eigenvalue weighted by atomic mass is 9.96. The second-order valence-corrected chi connectivity index (χ2v) is 5.68. The van der Waals surface area contributed by atoms with Gasteiger partial charge >= 0.3 is 0 Å². The molecule has 1 aromatic carbocycles. The molecule has 0 saturated heterocycles. The first-order valence-corrected chi connectivity index (χ1v) is 6.37. The fraction of sp³-hybridized carbons (Fsp3) is 0.538. The number of halogens is 1. The third-order valence-corrected chi connectivity index (χ3v) is 3.59. The first-order valence-electron chi connectivity index (χ1n) is 5.58. The van der Waals surface area contributed by atoms with E-state index in [2.05, 4.69) is 35.8 Å². The molecule has 0 aromatic heterocycles. The molecule has 2 nitrogen and oxygen atoms in total. The van der Waals surface area contributed by atoms with Crippen LogP contribution in [0.15, 0.2) is 16.6 Å². The zero-order valence-electron chi connectivity index (χ0n) is 9.88. The van der Waals surface area contributed by atoms with Gasteiger partial charge in [-0.3, -0.25) is 0 Å². The summed E-state index contributed by atoms with van der Waals surface area (Å²) >= 11 is 3.50. The molecule has 0 radical (unpaired) electrons. The summed E-state index contributed by atoms with van der Waals surface area (Å²) in [5.41, 5.74) is 1.42. The van der Waals surface area contributed by atoms with Gasteiger partial charge in [-0.25, -0.2) is 0 Å². The number of methoxy groups -OCH3 is 1. The molecule has 1 N–H and O–H groups in total. The highest BCUT2D eigenvalue weighted by Crippen LogP contribution is 2.51. The van der Waals surface area contributed by atoms with Crippen LogP contribution in [0.1, 0.15) is 43.7 Å². The number of rotatable bonds is 3. The van der Waals surface area contributed by atoms with Crippen LogP contribution in [0.25, 0.3) is 0 Å². The van der Waals surface area contributed by atoms with Crippen LogP contribution in [0.2, 0.25) is 0 Å². The van der Waals surface area contributed by atoms with Gasteiger partial charge in [0.2, 0.25) is 0 Å². The van der Waals surface area contributed by atoms with Gasteiger partial charge < -0.3 is 9.84 Å². The average Bonchev–Trinajstić information content (AvgIpc) is 2.96. The molecule has 1 saturated carbocycles. The standard InChI is InChI=1S/C13H17BrO2/c1-8(2)10-6-9(14)7-11(12(10)16-3)13(15)4-5-13/h6-8,15H,4-5H2,1-3H3. The largest absolute Gasteiger partial charge is 0.496 e. The minimum Gasteiger partial charge on any atom is -0.496 e. The Morgan fingerprint density at radius 2 is 2.00 bits per heavy atom. The molecular weight excluding hydrogens is 268 g/mol. The monoisotopic (exact) mass is 284 g/mol. The maximum absolute atomic E-state index is 10.2. The third kappa shape index (κ3) is 1.98. The van der Waals surface area contributed by atoms with Crippen LogP contribution >= 0.6 is 15.9 Å². The molecular formula is C13H17BrO2. The van der Waals surface area contributed by atoms with E-state index in [1.807, 2.05) is 6.07 Å². The fourth-order valence-corrected chi connectivity index (χ4v) is 2.48. The van der Waals surface area contributed by atoms with Gasteiger partial charge in [0.25, 0.3) is 0 Å². The van der Waals surface area contributed by atoms with Gasteiger partial charge in [-0.15, -0.1) is 0 Å². The van der Waals surface area contributed by atoms with Crippen LogP contribution in [0, 0.1) is 0 Å². The Kier molecular flexibility index (Phi) is 3.01. The molecule has 16 heavy (non-hydrogen) atoms. The van der Waals surface area contributed by atoms with E-state index < -0.39 is 5.60 Å². The maximum Gasteiger partial charge on any atom is 0.128 e. The Labute approximate surface area is 105 Å². The predicted molar refractivity (Wildman–Crippen MR) is 67.9 cm³/mol. The topological polar surface area (TPSA) is 29.5 Å². The maximum atomic E-state index is 10.2. The second kappa shape index (κ2) is 4.04. The Hall–Kier alpha value is -0.540. The molecule has 0 atom stereocenters. The molecule has 0 unspecified atom stereocenters. The summed E-state index contributed by atoms with van der Waals surface area (Å²) in [5.74, 6) is 1.23. The average molecular weight is 285 g/mol. The van der Waals surface area contributed by atoms with Gasteiger partial charge in [0.1, 0.15) is 5.75 Å². The quantitative estimate of drug-likeness (QED) is 0.920. The summed E-state index contributed by atoms with van der Waals surface area (Å²) in [7, 11) is 1.67. The molecule has 88 valence electrons. The van der Waals surface area contributed by atoms with Crippen molar-refractivity contribution in [3.8, 4) is 5.75 Å². The highest BCUT2D eigenvalue weighted by Gasteiger charge is 2.45. The SMILES string of the molecule is COc1c(C(C)C)cc(Br)cc1C1(O)CC1. The van der Waals surface area contributed by atoms with Crippen molar-refractivity contribution in [1.29, 1.82) is 0 Å². The Morgan fingerprint density at radius 1 is 1.38 bits per heavy atom. The van der Waals surface area contributed by atoms with E-state index in [0.717, 1.165) is 34.2 Å². The first-order chi connectivity index (χ1) is 7.48. The second-order valence-electron chi connectivity index (χ2n) is 4.76. The summed E-state index contributed by atoms with van der Waals surface area (Å²) in [5, 5.41) is 10.2. The van der Waals surface area contributed by atoms with Gasteiger partial charge in [-0.2, -0.15) is 0 Å². The van der Waals surface area contributed by atoms with Gasteiger partial charge in [0, 0.05) is 10.0 Å². The van der Waals surface area contributed by atoms with Crippen LogP contribution in [-0.2, 0) is 5.60 Å². The molecule has 3 heteroatoms. The van der Waals surface area contributed by atoms with Crippen LogP contribution in [0.3, 0.4) is 0 Å². The van der Waals surface area contributed by atoms with Crippen molar-refractivity contribution in [3.05, 3.63) is 27.7 Å². The van der Waals surface area contributed by atoms with Crippen LogP contribution in [0.5, 0.6) is 5.75 Å². The first kappa shape index (κ1) is 11.9. The summed E-state index contributed by atoms with van der Waals surface area (Å²) in [6, 6.07) is 4.04. The van der Waals surface area contributed by atoms with Crippen molar-refractivity contribution in [1.82, 2.24) is 0 Å². The van der Waals surface area contributed by atoms with E-state index in [1.165, 1.54) is 0 Å². The third-order valence-electron chi connectivity index (χ3n) is 3.13. The molecule has 0 amide bonds. The van der Waals surface area contributed by atoms with E-state index in [1.54, 1.807) is 7.11 Å². The molecule has 1 fully saturated rings. The number of ether oxygens (including phenoxy) is 1. The smallest absolute Gasteiger partial charge is 0.128 e. The van der Waals surface area contributed by atoms with E-state index in [0.29, 0.717) is 5.92 Å². The zero-order valence-corrected chi connectivity index (χ0v) is 11.5.